The van der Waals surface area contributed by atoms with E-state index < -0.39 is 10.0 Å². The standard InChI is InChI=1S/C18H32N4O2S/c1-5-6-7-8-15(2)22-18(19-3)21-13-16-9-11-17(12-10-16)14-25(23,24)20-4/h9-12,15,20H,5-8,13-14H2,1-4H3,(H2,19,21,22). The fourth-order valence-electron chi connectivity index (χ4n) is 2.43. The number of nitrogens with zero attached hydrogens (tertiary/aromatic N) is 1. The van der Waals surface area contributed by atoms with Crippen molar-refractivity contribution in [1.29, 1.82) is 0 Å². The molecule has 0 saturated carbocycles. The van der Waals surface area contributed by atoms with Gasteiger partial charge in [0, 0.05) is 19.6 Å². The van der Waals surface area contributed by atoms with Crippen molar-refractivity contribution < 1.29 is 8.42 Å². The molecule has 0 bridgehead atoms. The molecule has 0 spiro atoms. The molecule has 6 nitrogen and oxygen atoms in total. The molecule has 0 aliphatic carbocycles. The molecule has 1 rings (SSSR count). The normalized spacial score (nSPS) is 13.5. The van der Waals surface area contributed by atoms with Crippen LogP contribution in [0.15, 0.2) is 29.3 Å². The van der Waals surface area contributed by atoms with Crippen molar-refractivity contribution >= 4 is 16.0 Å². The molecule has 0 heterocycles. The van der Waals surface area contributed by atoms with E-state index in [1.54, 1.807) is 7.05 Å². The molecule has 0 saturated heterocycles. The van der Waals surface area contributed by atoms with E-state index in [4.69, 9.17) is 0 Å². The first-order valence-electron chi connectivity index (χ1n) is 8.86. The number of benzene rings is 1. The molecule has 0 radical (unpaired) electrons. The number of rotatable bonds is 10. The maximum absolute atomic E-state index is 11.6. The first-order chi connectivity index (χ1) is 11.9. The highest BCUT2D eigenvalue weighted by Gasteiger charge is 2.08. The van der Waals surface area contributed by atoms with Crippen LogP contribution in [0, 0.1) is 0 Å². The van der Waals surface area contributed by atoms with Crippen molar-refractivity contribution in [3.63, 3.8) is 0 Å². The summed E-state index contributed by atoms with van der Waals surface area (Å²) in [6, 6.07) is 7.94. The van der Waals surface area contributed by atoms with Gasteiger partial charge in [-0.15, -0.1) is 0 Å². The summed E-state index contributed by atoms with van der Waals surface area (Å²) in [5, 5.41) is 6.69. The second kappa shape index (κ2) is 11.1. The van der Waals surface area contributed by atoms with E-state index in [2.05, 4.69) is 34.2 Å². The highest BCUT2D eigenvalue weighted by molar-refractivity contribution is 7.88. The first-order valence-corrected chi connectivity index (χ1v) is 10.5. The Morgan fingerprint density at radius 3 is 2.36 bits per heavy atom. The summed E-state index contributed by atoms with van der Waals surface area (Å²) in [7, 11) is -0.0433. The minimum Gasteiger partial charge on any atom is -0.354 e. The van der Waals surface area contributed by atoms with Crippen molar-refractivity contribution in [2.24, 2.45) is 4.99 Å². The zero-order valence-electron chi connectivity index (χ0n) is 15.8. The predicted octanol–water partition coefficient (Wildman–Crippen LogP) is 2.37. The van der Waals surface area contributed by atoms with Gasteiger partial charge in [-0.2, -0.15) is 0 Å². The Hall–Kier alpha value is -1.60. The van der Waals surface area contributed by atoms with Crippen LogP contribution in [0.25, 0.3) is 0 Å². The molecule has 25 heavy (non-hydrogen) atoms. The Kier molecular flexibility index (Phi) is 9.52. The van der Waals surface area contributed by atoms with Crippen LogP contribution in [0.4, 0.5) is 0 Å². The number of unbranched alkanes of at least 4 members (excludes halogenated alkanes) is 2. The average Bonchev–Trinajstić information content (AvgIpc) is 2.59. The molecule has 0 aromatic heterocycles. The molecule has 1 atom stereocenters. The van der Waals surface area contributed by atoms with Crippen LogP contribution in [-0.4, -0.2) is 34.5 Å². The van der Waals surface area contributed by atoms with Crippen molar-refractivity contribution in [2.45, 2.75) is 57.9 Å². The smallest absolute Gasteiger partial charge is 0.215 e. The van der Waals surface area contributed by atoms with Crippen molar-refractivity contribution in [3.05, 3.63) is 35.4 Å². The van der Waals surface area contributed by atoms with Gasteiger partial charge in [-0.25, -0.2) is 13.1 Å². The third kappa shape index (κ3) is 8.88. The summed E-state index contributed by atoms with van der Waals surface area (Å²) in [5.74, 6) is 0.779. The lowest BCUT2D eigenvalue weighted by Crippen LogP contribution is -2.41. The summed E-state index contributed by atoms with van der Waals surface area (Å²) in [5.41, 5.74) is 1.84. The van der Waals surface area contributed by atoms with Crippen LogP contribution in [0.3, 0.4) is 0 Å². The quantitative estimate of drug-likeness (QED) is 0.336. The maximum atomic E-state index is 11.6. The van der Waals surface area contributed by atoms with E-state index >= 15 is 0 Å². The van der Waals surface area contributed by atoms with E-state index in [-0.39, 0.29) is 5.75 Å². The van der Waals surface area contributed by atoms with Gasteiger partial charge in [-0.1, -0.05) is 50.5 Å². The molecule has 1 aromatic rings. The lowest BCUT2D eigenvalue weighted by atomic mass is 10.1. The second-order valence-electron chi connectivity index (χ2n) is 6.25. The highest BCUT2D eigenvalue weighted by Crippen LogP contribution is 2.08. The van der Waals surface area contributed by atoms with Gasteiger partial charge in [0.05, 0.1) is 5.75 Å². The Morgan fingerprint density at radius 2 is 1.80 bits per heavy atom. The molecule has 1 aromatic carbocycles. The summed E-state index contributed by atoms with van der Waals surface area (Å²) in [6.45, 7) is 5.01. The minimum atomic E-state index is -3.23. The molecule has 0 fully saturated rings. The van der Waals surface area contributed by atoms with Crippen LogP contribution < -0.4 is 15.4 Å². The molecule has 0 aliphatic rings. The number of hydrogen-bond acceptors (Lipinski definition) is 3. The molecule has 0 amide bonds. The number of hydrogen-bond donors (Lipinski definition) is 3. The van der Waals surface area contributed by atoms with Gasteiger partial charge in [0.1, 0.15) is 0 Å². The maximum Gasteiger partial charge on any atom is 0.215 e. The number of sulfonamides is 1. The summed E-state index contributed by atoms with van der Waals surface area (Å²) < 4.78 is 25.4. The topological polar surface area (TPSA) is 82.6 Å². The third-order valence-electron chi connectivity index (χ3n) is 4.00. The van der Waals surface area contributed by atoms with Crippen molar-refractivity contribution in [3.8, 4) is 0 Å². The molecule has 3 N–H and O–H groups in total. The molecular formula is C18H32N4O2S. The summed E-state index contributed by atoms with van der Waals surface area (Å²) in [4.78, 5) is 4.26. The van der Waals surface area contributed by atoms with E-state index in [1.165, 1.54) is 26.3 Å². The van der Waals surface area contributed by atoms with Crippen LogP contribution in [0.5, 0.6) is 0 Å². The third-order valence-corrected chi connectivity index (χ3v) is 5.33. The van der Waals surface area contributed by atoms with Gasteiger partial charge in [0.15, 0.2) is 5.96 Å². The first kappa shape index (κ1) is 21.4. The second-order valence-corrected chi connectivity index (χ2v) is 8.17. The monoisotopic (exact) mass is 368 g/mol. The van der Waals surface area contributed by atoms with Crippen molar-refractivity contribution in [1.82, 2.24) is 15.4 Å². The van der Waals surface area contributed by atoms with Crippen LogP contribution >= 0.6 is 0 Å². The van der Waals surface area contributed by atoms with Gasteiger partial charge in [0.25, 0.3) is 0 Å². The molecule has 0 aliphatic heterocycles. The van der Waals surface area contributed by atoms with Gasteiger partial charge in [-0.05, 0) is 31.5 Å². The fraction of sp³-hybridized carbons (Fsp3) is 0.611. The lowest BCUT2D eigenvalue weighted by Gasteiger charge is -2.18. The van der Waals surface area contributed by atoms with Crippen LogP contribution in [-0.2, 0) is 22.3 Å². The molecule has 142 valence electrons. The van der Waals surface area contributed by atoms with E-state index in [0.717, 1.165) is 23.5 Å². The zero-order chi connectivity index (χ0) is 18.7. The largest absolute Gasteiger partial charge is 0.354 e. The Balaban J connectivity index is 2.47. The fourth-order valence-corrected chi connectivity index (χ4v) is 3.21. The van der Waals surface area contributed by atoms with E-state index in [9.17, 15) is 8.42 Å². The molecular weight excluding hydrogens is 336 g/mol. The van der Waals surface area contributed by atoms with E-state index in [1.807, 2.05) is 24.3 Å². The highest BCUT2D eigenvalue weighted by atomic mass is 32.2. The van der Waals surface area contributed by atoms with Gasteiger partial charge < -0.3 is 10.6 Å². The number of nitrogens with one attached hydrogen (secondary N) is 3. The summed E-state index contributed by atoms with van der Waals surface area (Å²) >= 11 is 0. The Bertz CT molecular complexity index is 627. The van der Waals surface area contributed by atoms with Crippen LogP contribution in [0.2, 0.25) is 0 Å². The van der Waals surface area contributed by atoms with E-state index in [0.29, 0.717) is 12.6 Å². The Labute approximate surface area is 152 Å². The zero-order valence-corrected chi connectivity index (χ0v) is 16.6. The predicted molar refractivity (Wildman–Crippen MR) is 105 cm³/mol. The minimum absolute atomic E-state index is 0.00426. The van der Waals surface area contributed by atoms with Gasteiger partial charge >= 0.3 is 0 Å². The van der Waals surface area contributed by atoms with Crippen molar-refractivity contribution in [2.75, 3.05) is 14.1 Å². The molecule has 7 heteroatoms. The lowest BCUT2D eigenvalue weighted by molar-refractivity contribution is 0.546. The number of guanidine groups is 1. The molecule has 1 unspecified atom stereocenters. The summed E-state index contributed by atoms with van der Waals surface area (Å²) in [6.07, 6.45) is 4.83. The van der Waals surface area contributed by atoms with Crippen LogP contribution in [0.1, 0.15) is 50.7 Å². The SMILES string of the molecule is CCCCCC(C)NC(=NC)NCc1ccc(CS(=O)(=O)NC)cc1. The average molecular weight is 369 g/mol. The van der Waals surface area contributed by atoms with Gasteiger partial charge in [0.2, 0.25) is 10.0 Å². The number of aliphatic imine (C=N–C) groups is 1. The van der Waals surface area contributed by atoms with Gasteiger partial charge in [-0.3, -0.25) is 4.99 Å². The Morgan fingerprint density at radius 1 is 1.16 bits per heavy atom.